The number of thiophene rings is 1. The topological polar surface area (TPSA) is 6.48 Å². The quantitative estimate of drug-likeness (QED) is 0.159. The van der Waals surface area contributed by atoms with E-state index in [0.717, 1.165) is 0 Å². The molecule has 2 aliphatic heterocycles. The van der Waals surface area contributed by atoms with Gasteiger partial charge in [0.25, 0.3) is 6.71 Å². The summed E-state index contributed by atoms with van der Waals surface area (Å²) in [6.45, 7) is 18.4. The third-order valence-corrected chi connectivity index (χ3v) is 20.6. The van der Waals surface area contributed by atoms with E-state index in [9.17, 15) is 0 Å². The fourth-order valence-electron chi connectivity index (χ4n) is 15.9. The Labute approximate surface area is 474 Å². The molecule has 80 heavy (non-hydrogen) atoms. The molecule has 0 saturated carbocycles. The molecule has 3 heterocycles. The van der Waals surface area contributed by atoms with Crippen LogP contribution >= 0.6 is 11.3 Å². The first-order valence-electron chi connectivity index (χ1n) is 28.7. The first kappa shape index (κ1) is 46.5. The molecular weight excluding hydrogens is 984 g/mol. The highest BCUT2D eigenvalue weighted by Crippen LogP contribution is 2.68. The normalized spacial score (nSPS) is 15.4. The highest BCUT2D eigenvalue weighted by molar-refractivity contribution is 7.30. The largest absolute Gasteiger partial charge is 0.311 e. The summed E-state index contributed by atoms with van der Waals surface area (Å²) < 4.78 is 1.40. The molecule has 2 spiro atoms. The first-order chi connectivity index (χ1) is 38.8. The first-order valence-corrected chi connectivity index (χ1v) is 29.5. The van der Waals surface area contributed by atoms with E-state index in [1.807, 2.05) is 0 Å². The molecule has 0 saturated heterocycles. The van der Waals surface area contributed by atoms with E-state index in [1.54, 1.807) is 0 Å². The molecule has 0 bridgehead atoms. The van der Waals surface area contributed by atoms with E-state index < -0.39 is 10.8 Å². The Bertz CT molecular complexity index is 4450. The Balaban J connectivity index is 1.03. The number of aryl methyl sites for hydroxylation is 2. The smallest absolute Gasteiger partial charge is 0.264 e. The van der Waals surface area contributed by atoms with Gasteiger partial charge in [0, 0.05) is 43.7 Å². The molecule has 1 aromatic heterocycles. The Hall–Kier alpha value is -8.44. The van der Waals surface area contributed by atoms with Crippen molar-refractivity contribution in [1.29, 1.82) is 0 Å². The van der Waals surface area contributed by atoms with Crippen molar-refractivity contribution in [2.75, 3.05) is 9.80 Å². The van der Waals surface area contributed by atoms with Gasteiger partial charge in [0.05, 0.1) is 16.5 Å². The van der Waals surface area contributed by atoms with Gasteiger partial charge in [-0.3, -0.25) is 0 Å². The third kappa shape index (κ3) is 5.70. The summed E-state index contributed by atoms with van der Waals surface area (Å²) in [5.41, 5.74) is 34.6. The van der Waals surface area contributed by atoms with Crippen molar-refractivity contribution in [3.63, 3.8) is 0 Å². The van der Waals surface area contributed by atoms with Crippen LogP contribution in [0.1, 0.15) is 108 Å². The highest BCUT2D eigenvalue weighted by atomic mass is 32.1. The molecule has 4 heteroatoms. The van der Waals surface area contributed by atoms with Crippen LogP contribution in [0.3, 0.4) is 0 Å². The lowest BCUT2D eigenvalue weighted by Gasteiger charge is -2.44. The summed E-state index contributed by atoms with van der Waals surface area (Å²) in [6.07, 6.45) is 0. The third-order valence-electron chi connectivity index (χ3n) is 19.3. The van der Waals surface area contributed by atoms with E-state index in [-0.39, 0.29) is 17.5 Å². The van der Waals surface area contributed by atoms with Crippen molar-refractivity contribution in [2.45, 2.75) is 77.0 Å². The Morgan fingerprint density at radius 2 is 0.812 bits per heavy atom. The molecule has 17 rings (SSSR count). The predicted octanol–water partition coefficient (Wildman–Crippen LogP) is 17.7. The number of hydrogen-bond acceptors (Lipinski definition) is 3. The van der Waals surface area contributed by atoms with Gasteiger partial charge in [-0.25, -0.2) is 0 Å². The summed E-state index contributed by atoms with van der Waals surface area (Å²) in [7, 11) is 0. The molecule has 0 amide bonds. The van der Waals surface area contributed by atoms with Gasteiger partial charge in [-0.1, -0.05) is 217 Å². The van der Waals surface area contributed by atoms with Gasteiger partial charge in [-0.2, -0.15) is 0 Å². The van der Waals surface area contributed by atoms with Gasteiger partial charge in [-0.15, -0.1) is 11.3 Å². The van der Waals surface area contributed by atoms with Gasteiger partial charge in [0.15, 0.2) is 0 Å². The molecule has 0 radical (unpaired) electrons. The van der Waals surface area contributed by atoms with E-state index in [0.29, 0.717) is 0 Å². The maximum absolute atomic E-state index is 2.72. The monoisotopic (exact) mass is 1040 g/mol. The lowest BCUT2D eigenvalue weighted by Crippen LogP contribution is -2.60. The van der Waals surface area contributed by atoms with Crippen molar-refractivity contribution >= 4 is 67.9 Å². The highest BCUT2D eigenvalue weighted by Gasteiger charge is 2.58. The minimum atomic E-state index is -0.503. The van der Waals surface area contributed by atoms with Gasteiger partial charge in [0.1, 0.15) is 0 Å². The van der Waals surface area contributed by atoms with Crippen molar-refractivity contribution in [2.24, 2.45) is 0 Å². The van der Waals surface area contributed by atoms with Gasteiger partial charge in [-0.05, 0) is 173 Å². The molecule has 0 N–H and O–H groups in total. The molecular formula is C76H59BN2S. The molecule has 0 atom stereocenters. The van der Waals surface area contributed by atoms with Crippen molar-refractivity contribution < 1.29 is 0 Å². The van der Waals surface area contributed by atoms with Crippen LogP contribution in [0.2, 0.25) is 0 Å². The summed E-state index contributed by atoms with van der Waals surface area (Å²) >= 11 is 2.09. The van der Waals surface area contributed by atoms with Crippen molar-refractivity contribution in [3.05, 3.63) is 278 Å². The van der Waals surface area contributed by atoms with Gasteiger partial charge in [0.2, 0.25) is 0 Å². The summed E-state index contributed by atoms with van der Waals surface area (Å²) in [5.74, 6) is 0. The minimum absolute atomic E-state index is 0.000372. The van der Waals surface area contributed by atoms with Crippen LogP contribution in [-0.2, 0) is 21.7 Å². The SMILES string of the molecule is Cc1cc2c3c(c1)N(c1ccc(C(C)(C)C)cc1)c1c(sc4c1-c1ccc(C)cc1C41c4ccccc4-c4ccccc41)B3c1cc3c(cc1N2c1ccc(C(C)(C)C)cc1)-c1ccccc1C31c2ccccc2-c2ccccc21. The van der Waals surface area contributed by atoms with E-state index in [4.69, 9.17) is 0 Å². The van der Waals surface area contributed by atoms with Crippen LogP contribution in [0.15, 0.2) is 212 Å². The van der Waals surface area contributed by atoms with Gasteiger partial charge >= 0.3 is 0 Å². The molecule has 11 aromatic rings. The van der Waals surface area contributed by atoms with Crippen LogP contribution < -0.4 is 25.5 Å². The zero-order valence-electron chi connectivity index (χ0n) is 46.6. The van der Waals surface area contributed by atoms with Crippen LogP contribution in [0.4, 0.5) is 34.1 Å². The molecule has 382 valence electrons. The standard InChI is InChI=1S/C76H59BN2S/c1-44-29-38-55-62(39-44)76(60-27-17-11-21-52(60)53-22-12-18-28-61(53)76)71-68(55)70-72(80-71)77-64-43-63-56(54-23-13-16-26-59(54)75(63)57-24-14-9-19-50(57)51-20-10-15-25-58(51)75)42-65(64)78(48-34-30-46(31-35-48)73(3,4)5)66-40-45(2)41-67(69(66)77)79(70)49-36-32-47(33-37-49)74(6,7)8/h9-43H,1-8H3. The van der Waals surface area contributed by atoms with Crippen LogP contribution in [0.25, 0.3) is 44.5 Å². The lowest BCUT2D eigenvalue weighted by molar-refractivity contribution is 0.590. The maximum atomic E-state index is 2.72. The van der Waals surface area contributed by atoms with E-state index in [2.05, 4.69) is 289 Å². The molecule has 4 aliphatic carbocycles. The van der Waals surface area contributed by atoms with Crippen molar-refractivity contribution in [3.8, 4) is 44.5 Å². The number of fused-ring (bicyclic) bond motifs is 25. The number of rotatable bonds is 2. The van der Waals surface area contributed by atoms with Gasteiger partial charge < -0.3 is 9.80 Å². The second kappa shape index (κ2) is 15.7. The van der Waals surface area contributed by atoms with Crippen LogP contribution in [-0.4, -0.2) is 6.71 Å². The lowest BCUT2D eigenvalue weighted by atomic mass is 9.35. The number of nitrogens with zero attached hydrogens (tertiary/aromatic N) is 2. The maximum Gasteiger partial charge on any atom is 0.264 e. The number of benzene rings is 10. The average molecular weight is 1040 g/mol. The average Bonchev–Trinajstić information content (AvgIpc) is 2.28. The summed E-state index contributed by atoms with van der Waals surface area (Å²) in [4.78, 5) is 6.77. The van der Waals surface area contributed by atoms with Crippen molar-refractivity contribution in [1.82, 2.24) is 0 Å². The second-order valence-corrected chi connectivity index (χ2v) is 26.7. The molecule has 0 unspecified atom stereocenters. The number of anilines is 6. The Morgan fingerprint density at radius 1 is 0.375 bits per heavy atom. The fraction of sp³-hybridized carbons (Fsp3) is 0.158. The second-order valence-electron chi connectivity index (χ2n) is 25.7. The van der Waals surface area contributed by atoms with E-state index in [1.165, 1.54) is 160 Å². The van der Waals surface area contributed by atoms with Crippen LogP contribution in [0, 0.1) is 13.8 Å². The summed E-state index contributed by atoms with van der Waals surface area (Å²) in [5, 5.41) is 0. The van der Waals surface area contributed by atoms with E-state index >= 15 is 0 Å². The number of hydrogen-bond donors (Lipinski definition) is 0. The molecule has 2 nitrogen and oxygen atoms in total. The Kier molecular flexibility index (Phi) is 9.11. The zero-order valence-corrected chi connectivity index (χ0v) is 47.4. The molecule has 10 aromatic carbocycles. The summed E-state index contributed by atoms with van der Waals surface area (Å²) in [6, 6.07) is 83.2. The predicted molar refractivity (Wildman–Crippen MR) is 338 cm³/mol. The van der Waals surface area contributed by atoms with Crippen LogP contribution in [0.5, 0.6) is 0 Å². The fourth-order valence-corrected chi connectivity index (χ4v) is 17.6. The Morgan fingerprint density at radius 3 is 1.31 bits per heavy atom. The molecule has 0 fully saturated rings. The minimum Gasteiger partial charge on any atom is -0.311 e. The molecule has 6 aliphatic rings. The zero-order chi connectivity index (χ0) is 53.9.